The molecule has 0 amide bonds. The second-order valence-corrected chi connectivity index (χ2v) is 2.31. The number of benzene rings is 1. The van der Waals surface area contributed by atoms with E-state index in [1.165, 1.54) is 0 Å². The standard InChI is InChI=1S/C9H6N2O2/c10-11-8(6-12)9(13)7-4-2-1-3-5-7/h1-6H/p+1. The van der Waals surface area contributed by atoms with Crippen LogP contribution in [0.4, 0.5) is 0 Å². The number of hydrogen-bond acceptors (Lipinski definition) is 3. The van der Waals surface area contributed by atoms with Gasteiger partial charge in [0.2, 0.25) is 5.39 Å². The zero-order chi connectivity index (χ0) is 9.68. The summed E-state index contributed by atoms with van der Waals surface area (Å²) in [6.45, 7) is 0. The molecule has 1 aromatic carbocycles. The van der Waals surface area contributed by atoms with Gasteiger partial charge in [0.25, 0.3) is 5.78 Å². The van der Waals surface area contributed by atoms with Crippen LogP contribution in [0.2, 0.25) is 0 Å². The van der Waals surface area contributed by atoms with Crippen LogP contribution >= 0.6 is 0 Å². The lowest BCUT2D eigenvalue weighted by molar-refractivity contribution is 0.103. The van der Waals surface area contributed by atoms with Gasteiger partial charge in [-0.25, -0.2) is 0 Å². The van der Waals surface area contributed by atoms with Gasteiger partial charge >= 0.3 is 5.70 Å². The SMILES string of the molecule is N#[N+]/C(=C/O)C(=O)c1ccccc1. The van der Waals surface area contributed by atoms with Gasteiger partial charge in [-0.1, -0.05) is 30.3 Å². The molecular weight excluding hydrogens is 168 g/mol. The molecule has 0 radical (unpaired) electrons. The molecule has 0 aromatic heterocycles. The van der Waals surface area contributed by atoms with Crippen LogP contribution < -0.4 is 0 Å². The number of aliphatic hydroxyl groups is 1. The Hall–Kier alpha value is -2.15. The molecule has 1 N–H and O–H groups in total. The van der Waals surface area contributed by atoms with Crippen molar-refractivity contribution >= 4 is 5.78 Å². The third-order valence-electron chi connectivity index (χ3n) is 1.50. The van der Waals surface area contributed by atoms with Gasteiger partial charge in [-0.05, 0) is 0 Å². The zero-order valence-corrected chi connectivity index (χ0v) is 6.71. The molecule has 4 heteroatoms. The molecule has 0 aliphatic carbocycles. The van der Waals surface area contributed by atoms with Crippen LogP contribution in [0.25, 0.3) is 4.98 Å². The van der Waals surface area contributed by atoms with Gasteiger partial charge < -0.3 is 5.11 Å². The monoisotopic (exact) mass is 175 g/mol. The molecule has 0 bridgehead atoms. The highest BCUT2D eigenvalue weighted by Crippen LogP contribution is 2.08. The highest BCUT2D eigenvalue weighted by molar-refractivity contribution is 6.09. The average molecular weight is 175 g/mol. The molecule has 0 unspecified atom stereocenters. The molecule has 1 aromatic rings. The maximum atomic E-state index is 11.3. The average Bonchev–Trinajstić information content (AvgIpc) is 2.21. The third kappa shape index (κ3) is 1.91. The lowest BCUT2D eigenvalue weighted by Gasteiger charge is -1.89. The largest absolute Gasteiger partial charge is 0.508 e. The zero-order valence-electron chi connectivity index (χ0n) is 6.71. The van der Waals surface area contributed by atoms with Crippen molar-refractivity contribution < 1.29 is 9.90 Å². The summed E-state index contributed by atoms with van der Waals surface area (Å²) in [5.74, 6) is -0.523. The highest BCUT2D eigenvalue weighted by Gasteiger charge is 2.23. The first-order valence-electron chi connectivity index (χ1n) is 3.59. The lowest BCUT2D eigenvalue weighted by atomic mass is 10.1. The number of nitrogens with zero attached hydrogens (tertiary/aromatic N) is 2. The van der Waals surface area contributed by atoms with Crippen molar-refractivity contribution in [2.45, 2.75) is 0 Å². The van der Waals surface area contributed by atoms with Crippen molar-refractivity contribution in [3.8, 4) is 0 Å². The van der Waals surface area contributed by atoms with E-state index in [0.29, 0.717) is 11.8 Å². The first-order valence-corrected chi connectivity index (χ1v) is 3.59. The molecule has 0 saturated heterocycles. The van der Waals surface area contributed by atoms with E-state index < -0.39 is 5.78 Å². The molecule has 0 fully saturated rings. The molecular formula is C9H7N2O2+. The van der Waals surface area contributed by atoms with Gasteiger partial charge in [-0.3, -0.25) is 4.79 Å². The number of aliphatic hydroxyl groups excluding tert-OH is 1. The van der Waals surface area contributed by atoms with Gasteiger partial charge in [-0.15, -0.1) is 0 Å². The summed E-state index contributed by atoms with van der Waals surface area (Å²) >= 11 is 0. The summed E-state index contributed by atoms with van der Waals surface area (Å²) in [6.07, 6.45) is 0.468. The molecule has 0 saturated carbocycles. The second kappa shape index (κ2) is 4.02. The van der Waals surface area contributed by atoms with E-state index in [-0.39, 0.29) is 5.70 Å². The van der Waals surface area contributed by atoms with Gasteiger partial charge in [-0.2, -0.15) is 0 Å². The predicted octanol–water partition coefficient (Wildman–Crippen LogP) is 2.12. The topological polar surface area (TPSA) is 65.4 Å². The molecule has 0 spiro atoms. The van der Waals surface area contributed by atoms with E-state index in [2.05, 4.69) is 4.98 Å². The third-order valence-corrected chi connectivity index (χ3v) is 1.50. The number of ketones is 1. The Balaban J connectivity index is 3.01. The summed E-state index contributed by atoms with van der Waals surface area (Å²) < 4.78 is 0. The maximum Gasteiger partial charge on any atom is 0.465 e. The van der Waals surface area contributed by atoms with Gasteiger partial charge in [0.1, 0.15) is 0 Å². The Morgan fingerprint density at radius 2 is 2.00 bits per heavy atom. The normalized spacial score (nSPS) is 10.5. The molecule has 13 heavy (non-hydrogen) atoms. The number of rotatable bonds is 2. The summed E-state index contributed by atoms with van der Waals surface area (Å²) in [6, 6.07) is 8.25. The number of allylic oxidation sites excluding steroid dienone is 1. The Morgan fingerprint density at radius 3 is 2.46 bits per heavy atom. The minimum Gasteiger partial charge on any atom is -0.508 e. The number of Topliss-reactive ketones (excluding diaryl/α,β-unsaturated/α-hetero) is 1. The summed E-state index contributed by atoms with van der Waals surface area (Å²) in [4.78, 5) is 14.0. The van der Waals surface area contributed by atoms with Crippen molar-refractivity contribution in [3.63, 3.8) is 0 Å². The highest BCUT2D eigenvalue weighted by atomic mass is 16.2. The molecule has 0 aliphatic rings. The quantitative estimate of drug-likeness (QED) is 0.324. The summed E-state index contributed by atoms with van der Waals surface area (Å²) in [5, 5.41) is 16.9. The van der Waals surface area contributed by atoms with Crippen LogP contribution in [-0.2, 0) is 0 Å². The Morgan fingerprint density at radius 1 is 1.38 bits per heavy atom. The minimum atomic E-state index is -0.523. The molecule has 0 atom stereocenters. The number of diazo groups is 1. The van der Waals surface area contributed by atoms with E-state index >= 15 is 0 Å². The summed E-state index contributed by atoms with van der Waals surface area (Å²) in [5.41, 5.74) is -0.0215. The van der Waals surface area contributed by atoms with Crippen LogP contribution in [0.1, 0.15) is 10.4 Å². The van der Waals surface area contributed by atoms with Gasteiger partial charge in [0, 0.05) is 5.56 Å². The van der Waals surface area contributed by atoms with E-state index in [9.17, 15) is 4.79 Å². The van der Waals surface area contributed by atoms with Crippen LogP contribution in [0, 0.1) is 5.39 Å². The van der Waals surface area contributed by atoms with Crippen LogP contribution in [0.3, 0.4) is 0 Å². The van der Waals surface area contributed by atoms with E-state index in [0.717, 1.165) is 0 Å². The fraction of sp³-hybridized carbons (Fsp3) is 0. The fourth-order valence-electron chi connectivity index (χ4n) is 0.867. The Bertz CT molecular complexity index is 376. The van der Waals surface area contributed by atoms with E-state index in [1.54, 1.807) is 30.3 Å². The van der Waals surface area contributed by atoms with E-state index in [1.807, 2.05) is 0 Å². The van der Waals surface area contributed by atoms with Crippen LogP contribution in [-0.4, -0.2) is 10.9 Å². The van der Waals surface area contributed by atoms with Crippen molar-refractivity contribution in [3.05, 3.63) is 52.8 Å². The number of carbonyl (C=O) groups is 1. The van der Waals surface area contributed by atoms with Crippen molar-refractivity contribution in [1.29, 1.82) is 5.39 Å². The van der Waals surface area contributed by atoms with Gasteiger partial charge in [0.15, 0.2) is 11.2 Å². The smallest absolute Gasteiger partial charge is 0.465 e. The predicted molar refractivity (Wildman–Crippen MR) is 46.6 cm³/mol. The molecule has 0 aliphatic heterocycles. The first kappa shape index (κ1) is 8.94. The van der Waals surface area contributed by atoms with Crippen molar-refractivity contribution in [1.82, 2.24) is 0 Å². The Labute approximate surface area is 74.8 Å². The van der Waals surface area contributed by atoms with Crippen LogP contribution in [0.15, 0.2) is 42.3 Å². The van der Waals surface area contributed by atoms with Crippen molar-refractivity contribution in [2.24, 2.45) is 0 Å². The Kier molecular flexibility index (Phi) is 2.77. The minimum absolute atomic E-state index is 0.362. The van der Waals surface area contributed by atoms with Gasteiger partial charge in [0.05, 0.1) is 0 Å². The maximum absolute atomic E-state index is 11.3. The fourth-order valence-corrected chi connectivity index (χ4v) is 0.867. The second-order valence-electron chi connectivity index (χ2n) is 2.31. The molecule has 0 heterocycles. The number of carbonyl (C=O) groups excluding carboxylic acids is 1. The molecule has 4 nitrogen and oxygen atoms in total. The van der Waals surface area contributed by atoms with Crippen LogP contribution in [0.5, 0.6) is 0 Å². The number of hydrogen-bond donors (Lipinski definition) is 1. The lowest BCUT2D eigenvalue weighted by Crippen LogP contribution is -1.99. The van der Waals surface area contributed by atoms with Crippen molar-refractivity contribution in [2.75, 3.05) is 0 Å². The van der Waals surface area contributed by atoms with E-state index in [4.69, 9.17) is 10.5 Å². The molecule has 64 valence electrons. The first-order chi connectivity index (χ1) is 6.29. The molecule has 1 rings (SSSR count). The summed E-state index contributed by atoms with van der Waals surface area (Å²) in [7, 11) is 0.